The van der Waals surface area contributed by atoms with Crippen molar-refractivity contribution >= 4 is 7.12 Å². The molecule has 4 aromatic carbocycles. The van der Waals surface area contributed by atoms with Crippen LogP contribution in [-0.2, 0) is 21.9 Å². The van der Waals surface area contributed by atoms with Gasteiger partial charge in [0.15, 0.2) is 0 Å². The van der Waals surface area contributed by atoms with E-state index >= 15 is 0 Å². The van der Waals surface area contributed by atoms with Crippen molar-refractivity contribution in [3.8, 4) is 39.5 Å². The molecule has 0 saturated heterocycles. The van der Waals surface area contributed by atoms with Crippen molar-refractivity contribution in [1.82, 2.24) is 29.1 Å². The first-order valence-corrected chi connectivity index (χ1v) is 15.1. The zero-order valence-electron chi connectivity index (χ0n) is 26.0. The second-order valence-electron chi connectivity index (χ2n) is 12.0. The molecule has 0 spiro atoms. The number of benzene rings is 4. The maximum Gasteiger partial charge on any atom is 2.00 e. The van der Waals surface area contributed by atoms with Crippen molar-refractivity contribution < 1.29 is 21.6 Å². The molecule has 0 radical (unpaired) electrons. The van der Waals surface area contributed by atoms with Gasteiger partial charge in [0, 0.05) is 16.7 Å². The average molecular weight is 649 g/mol. The van der Waals surface area contributed by atoms with E-state index in [1.165, 1.54) is 5.56 Å². The van der Waals surface area contributed by atoms with Gasteiger partial charge in [-0.15, -0.1) is 5.75 Å². The van der Waals surface area contributed by atoms with Crippen molar-refractivity contribution in [2.24, 2.45) is 0 Å². The molecule has 0 aliphatic carbocycles. The first-order chi connectivity index (χ1) is 21.8. The first-order valence-electron chi connectivity index (χ1n) is 15.1. The molecule has 0 fully saturated rings. The number of rotatable bonds is 6. The summed E-state index contributed by atoms with van der Waals surface area (Å²) in [7, 11) is -1.48. The number of hydrogen-bond donors (Lipinski definition) is 0. The Bertz CT molecular complexity index is 1760. The Morgan fingerprint density at radius 3 is 1.11 bits per heavy atom. The zero-order chi connectivity index (χ0) is 31.2. The van der Waals surface area contributed by atoms with Crippen LogP contribution in [0.3, 0.4) is 0 Å². The Morgan fingerprint density at radius 1 is 0.478 bits per heavy atom. The zero-order valence-corrected chi connectivity index (χ0v) is 27.0. The van der Waals surface area contributed by atoms with Gasteiger partial charge in [0.2, 0.25) is 0 Å². The molecule has 3 heterocycles. The summed E-state index contributed by atoms with van der Waals surface area (Å²) in [6.07, 6.45) is 6.03. The molecule has 46 heavy (non-hydrogen) atoms. The Kier molecular flexibility index (Phi) is 10.0. The summed E-state index contributed by atoms with van der Waals surface area (Å²) in [6.45, 7) is 6.40. The first kappa shape index (κ1) is 32.3. The average Bonchev–Trinajstić information content (AvgIpc) is 3.86. The Balaban J connectivity index is 0.000000297. The van der Waals surface area contributed by atoms with Gasteiger partial charge in [0.25, 0.3) is 0 Å². The van der Waals surface area contributed by atoms with Gasteiger partial charge in [-0.2, -0.15) is 0 Å². The molecule has 0 aliphatic heterocycles. The summed E-state index contributed by atoms with van der Waals surface area (Å²) in [5.41, 5.74) is 7.35. The molecule has 0 bridgehead atoms. The molecular formula is C37H35BN6NiO. The molecule has 7 aromatic rings. The molecule has 232 valence electrons. The molecule has 0 saturated carbocycles. The summed E-state index contributed by atoms with van der Waals surface area (Å²) in [4.78, 5) is 0. The number of hydrogen-bond acceptors (Lipinski definition) is 4. The van der Waals surface area contributed by atoms with Crippen molar-refractivity contribution in [3.63, 3.8) is 0 Å². The largest absolute Gasteiger partial charge is 2.00 e. The molecule has 7 rings (SSSR count). The van der Waals surface area contributed by atoms with Gasteiger partial charge in [-0.3, -0.25) is 0 Å². The van der Waals surface area contributed by atoms with E-state index in [1.807, 2.05) is 117 Å². The van der Waals surface area contributed by atoms with E-state index < -0.39 is 7.12 Å². The van der Waals surface area contributed by atoms with Crippen molar-refractivity contribution in [3.05, 3.63) is 158 Å². The summed E-state index contributed by atoms with van der Waals surface area (Å²) in [6, 6.07) is 43.7. The van der Waals surface area contributed by atoms with Crippen LogP contribution in [0.4, 0.5) is 0 Å². The fourth-order valence-corrected chi connectivity index (χ4v) is 5.25. The minimum atomic E-state index is -1.48. The third kappa shape index (κ3) is 7.56. The Hall–Kier alpha value is -5.13. The van der Waals surface area contributed by atoms with Crippen LogP contribution in [-0.4, -0.2) is 36.2 Å². The van der Waals surface area contributed by atoms with E-state index in [0.717, 1.165) is 33.8 Å². The van der Waals surface area contributed by atoms with E-state index in [2.05, 4.69) is 57.2 Å². The second-order valence-corrected chi connectivity index (χ2v) is 12.0. The maximum absolute atomic E-state index is 10.7. The molecule has 0 N–H and O–H groups in total. The summed E-state index contributed by atoms with van der Waals surface area (Å²) >= 11 is 0. The molecule has 0 amide bonds. The number of nitrogens with zero attached hydrogens (tertiary/aromatic N) is 6. The van der Waals surface area contributed by atoms with Gasteiger partial charge in [-0.1, -0.05) is 136 Å². The summed E-state index contributed by atoms with van der Waals surface area (Å²) in [5.74, 6) is 0.0815. The van der Waals surface area contributed by atoms with Crippen LogP contribution >= 0.6 is 0 Å². The van der Waals surface area contributed by atoms with Crippen molar-refractivity contribution in [2.45, 2.75) is 26.2 Å². The SMILES string of the molecule is CC(C)(C)c1ccc([O-])cc1.[Ni+2].c1ccc(-c2ccn([BH-](n3ccc(-c4ccccc4)n3)n3ccc(-c4ccccc4)n3)n2)cc1. The molecule has 7 nitrogen and oxygen atoms in total. The quantitative estimate of drug-likeness (QED) is 0.182. The van der Waals surface area contributed by atoms with Crippen LogP contribution in [0, 0.1) is 0 Å². The van der Waals surface area contributed by atoms with Crippen LogP contribution in [0.15, 0.2) is 152 Å². The molecule has 9 heteroatoms. The van der Waals surface area contributed by atoms with Gasteiger partial charge >= 0.3 is 23.6 Å². The maximum atomic E-state index is 10.7. The molecule has 0 aliphatic rings. The Morgan fingerprint density at radius 2 is 0.804 bits per heavy atom. The predicted octanol–water partition coefficient (Wildman–Crippen LogP) is 6.99. The molecule has 0 atom stereocenters. The van der Waals surface area contributed by atoms with Gasteiger partial charge < -0.3 is 18.9 Å². The standard InChI is InChI=1S/C27H22BN6.C10H14O.Ni/c1-4-10-22(11-5-1)25-16-19-32(29-25)28(33-20-17-26(30-33)23-12-6-2-7-13-23)34-21-18-27(31-34)24-14-8-3-9-15-24;1-10(2,3)8-4-6-9(11)7-5-8;/h1-21,28H;4-7,11H,1-3H3;/q-1;;+2/p-1. The van der Waals surface area contributed by atoms with Gasteiger partial charge in [-0.05, 0) is 47.8 Å². The fraction of sp³-hybridized carbons (Fsp3) is 0.108. The normalized spacial score (nSPS) is 11.0. The van der Waals surface area contributed by atoms with E-state index in [4.69, 9.17) is 15.3 Å². The van der Waals surface area contributed by atoms with Crippen molar-refractivity contribution in [2.75, 3.05) is 0 Å². The summed E-state index contributed by atoms with van der Waals surface area (Å²) < 4.78 is 5.93. The fourth-order valence-electron chi connectivity index (χ4n) is 5.25. The minimum Gasteiger partial charge on any atom is -0.872 e. The molecular weight excluding hydrogens is 614 g/mol. The smallest absolute Gasteiger partial charge is 0.872 e. The van der Waals surface area contributed by atoms with Crippen LogP contribution in [0.25, 0.3) is 33.8 Å². The van der Waals surface area contributed by atoms with Gasteiger partial charge in [-0.25, -0.2) is 15.3 Å². The van der Waals surface area contributed by atoms with Crippen LogP contribution in [0.2, 0.25) is 0 Å². The van der Waals surface area contributed by atoms with E-state index in [0.29, 0.717) is 0 Å². The van der Waals surface area contributed by atoms with E-state index in [9.17, 15) is 5.11 Å². The van der Waals surface area contributed by atoms with Gasteiger partial charge in [0.05, 0.1) is 17.1 Å². The van der Waals surface area contributed by atoms with E-state index in [1.54, 1.807) is 12.1 Å². The molecule has 3 aromatic heterocycles. The third-order valence-electron chi connectivity index (χ3n) is 7.72. The predicted molar refractivity (Wildman–Crippen MR) is 181 cm³/mol. The van der Waals surface area contributed by atoms with Gasteiger partial charge in [0.1, 0.15) is 0 Å². The summed E-state index contributed by atoms with van der Waals surface area (Å²) in [5, 5.41) is 25.5. The van der Waals surface area contributed by atoms with E-state index in [-0.39, 0.29) is 27.7 Å². The second kappa shape index (κ2) is 14.3. The minimum absolute atomic E-state index is 0. The monoisotopic (exact) mass is 648 g/mol. The number of aromatic nitrogens is 6. The van der Waals surface area contributed by atoms with Crippen LogP contribution in [0.5, 0.6) is 5.75 Å². The molecule has 0 unspecified atom stereocenters. The third-order valence-corrected chi connectivity index (χ3v) is 7.72. The van der Waals surface area contributed by atoms with Crippen LogP contribution < -0.4 is 5.11 Å². The Labute approximate surface area is 280 Å². The van der Waals surface area contributed by atoms with Crippen molar-refractivity contribution in [1.29, 1.82) is 0 Å². The van der Waals surface area contributed by atoms with Crippen LogP contribution in [0.1, 0.15) is 26.3 Å². The topological polar surface area (TPSA) is 76.5 Å².